The number of nitrogens with zero attached hydrogens (tertiary/aromatic N) is 2. The lowest BCUT2D eigenvalue weighted by Crippen LogP contribution is -2.70. The summed E-state index contributed by atoms with van der Waals surface area (Å²) in [6.45, 7) is 12.4. The highest BCUT2D eigenvalue weighted by Gasteiger charge is 2.63. The third-order valence-electron chi connectivity index (χ3n) is 10.1. The van der Waals surface area contributed by atoms with Crippen molar-refractivity contribution in [1.29, 1.82) is 0 Å². The molecule has 7 aromatic carbocycles. The van der Waals surface area contributed by atoms with Crippen molar-refractivity contribution in [3.8, 4) is 17.2 Å². The van der Waals surface area contributed by atoms with Crippen molar-refractivity contribution in [2.24, 2.45) is 0 Å². The molecular formula is C45H32Cl4N2O3Si. The van der Waals surface area contributed by atoms with E-state index in [2.05, 4.69) is 122 Å². The minimum absolute atomic E-state index is 0.0129. The zero-order valence-electron chi connectivity index (χ0n) is 29.7. The fraction of sp³-hybridized carbons (Fsp3) is 0.0667. The van der Waals surface area contributed by atoms with Crippen LogP contribution >= 0.6 is 46.4 Å². The van der Waals surface area contributed by atoms with Crippen LogP contribution in [0.3, 0.4) is 0 Å². The molecule has 0 bridgehead atoms. The topological polar surface area (TPSA) is 34.2 Å². The molecule has 0 amide bonds. The van der Waals surface area contributed by atoms with Gasteiger partial charge in [-0.15, -0.1) is 0 Å². The highest BCUT2D eigenvalue weighted by atomic mass is 35.5. The summed E-state index contributed by atoms with van der Waals surface area (Å²) >= 11 is 27.3. The molecule has 2 aliphatic rings. The van der Waals surface area contributed by atoms with Crippen molar-refractivity contribution in [3.63, 3.8) is 0 Å². The standard InChI is InChI=1S/C45H32Cl4N2O3Si/c1-5-27(4)52-37-19-11-18-36-45(37)55(53-42-40(48)38(46)39(47)41(49)43(42)54-55)44-34(50(26(2)3)32-22-20-28-12-6-8-14-30(28)24-32)16-10-17-35(44)51(36)33-23-21-29-13-7-9-15-31(29)25-33/h5-26H,1,4H2,2-3H3. The third kappa shape index (κ3) is 5.58. The summed E-state index contributed by atoms with van der Waals surface area (Å²) in [5.41, 5.74) is 4.45. The number of anilines is 5. The van der Waals surface area contributed by atoms with E-state index >= 15 is 0 Å². The molecule has 0 atom stereocenters. The quantitative estimate of drug-likeness (QED) is 0.0526. The summed E-state index contributed by atoms with van der Waals surface area (Å²) in [6.07, 6.45) is 1.57. The van der Waals surface area contributed by atoms with Gasteiger partial charge in [0.05, 0.1) is 37.5 Å². The molecule has 0 unspecified atom stereocenters. The molecule has 9 rings (SSSR count). The van der Waals surface area contributed by atoms with Gasteiger partial charge in [-0.25, -0.2) is 0 Å². The summed E-state index contributed by atoms with van der Waals surface area (Å²) in [5, 5.41) is 6.35. The first-order valence-electron chi connectivity index (χ1n) is 17.7. The highest BCUT2D eigenvalue weighted by Crippen LogP contribution is 2.57. The summed E-state index contributed by atoms with van der Waals surface area (Å²) in [4.78, 5) is 4.55. The van der Waals surface area contributed by atoms with Gasteiger partial charge in [-0.2, -0.15) is 0 Å². The first-order valence-corrected chi connectivity index (χ1v) is 21.0. The van der Waals surface area contributed by atoms with Crippen molar-refractivity contribution in [3.05, 3.63) is 166 Å². The monoisotopic (exact) mass is 816 g/mol. The van der Waals surface area contributed by atoms with E-state index < -0.39 is 8.56 Å². The molecule has 272 valence electrons. The van der Waals surface area contributed by atoms with Gasteiger partial charge in [0.1, 0.15) is 21.6 Å². The second kappa shape index (κ2) is 13.6. The molecule has 1 spiro atoms. The van der Waals surface area contributed by atoms with Crippen LogP contribution in [-0.4, -0.2) is 14.6 Å². The lowest BCUT2D eigenvalue weighted by Gasteiger charge is -2.43. The number of benzene rings is 7. The fourth-order valence-electron chi connectivity index (χ4n) is 7.73. The largest absolute Gasteiger partial charge is 0.541 e. The lowest BCUT2D eigenvalue weighted by molar-refractivity contribution is 0.443. The Kier molecular flexibility index (Phi) is 8.80. The van der Waals surface area contributed by atoms with E-state index in [0.717, 1.165) is 55.2 Å². The van der Waals surface area contributed by atoms with Crippen LogP contribution in [0.15, 0.2) is 146 Å². The molecule has 2 aliphatic heterocycles. The number of halogens is 4. The smallest absolute Gasteiger partial charge is 0.501 e. The number of hydrogen-bond donors (Lipinski definition) is 0. The lowest BCUT2D eigenvalue weighted by atomic mass is 10.1. The molecule has 0 aliphatic carbocycles. The van der Waals surface area contributed by atoms with Gasteiger partial charge >= 0.3 is 8.56 Å². The molecule has 10 heteroatoms. The molecule has 0 radical (unpaired) electrons. The van der Waals surface area contributed by atoms with E-state index in [4.69, 9.17) is 60.0 Å². The number of allylic oxidation sites excluding steroid dienone is 1. The van der Waals surface area contributed by atoms with Crippen LogP contribution in [0.1, 0.15) is 13.8 Å². The summed E-state index contributed by atoms with van der Waals surface area (Å²) in [5.74, 6) is 1.28. The molecule has 0 fully saturated rings. The first-order chi connectivity index (χ1) is 26.6. The Bertz CT molecular complexity index is 2720. The van der Waals surface area contributed by atoms with Gasteiger partial charge in [-0.3, -0.25) is 0 Å². The zero-order valence-corrected chi connectivity index (χ0v) is 33.8. The van der Waals surface area contributed by atoms with E-state index in [9.17, 15) is 0 Å². The molecule has 0 saturated heterocycles. The second-order valence-corrected chi connectivity index (χ2v) is 17.8. The van der Waals surface area contributed by atoms with Gasteiger partial charge in [-0.1, -0.05) is 132 Å². The predicted molar refractivity (Wildman–Crippen MR) is 233 cm³/mol. The number of rotatable bonds is 7. The molecule has 0 aromatic heterocycles. The SMILES string of the molecule is C=CC(=C)Oc1cccc2c1[Si]1(Oc3c(Cl)c(Cl)c(Cl)c(Cl)c3O1)c1c(cccc1N(c1ccc3ccccc3c1)C(C)C)N2c1ccc2ccccc2c1. The van der Waals surface area contributed by atoms with Crippen LogP contribution in [0.2, 0.25) is 20.1 Å². The number of hydrogen-bond acceptors (Lipinski definition) is 5. The van der Waals surface area contributed by atoms with Gasteiger partial charge in [0.25, 0.3) is 0 Å². The Labute approximate surface area is 340 Å². The molecule has 5 nitrogen and oxygen atoms in total. The summed E-state index contributed by atoms with van der Waals surface area (Å²) < 4.78 is 21.1. The normalized spacial score (nSPS) is 13.6. The van der Waals surface area contributed by atoms with Gasteiger partial charge in [0.15, 0.2) is 11.5 Å². The average Bonchev–Trinajstić information content (AvgIpc) is 3.60. The van der Waals surface area contributed by atoms with Crippen LogP contribution in [0.25, 0.3) is 21.5 Å². The molecule has 55 heavy (non-hydrogen) atoms. The average molecular weight is 819 g/mol. The number of ether oxygens (including phenoxy) is 1. The second-order valence-electron chi connectivity index (χ2n) is 13.7. The molecule has 7 aromatic rings. The van der Waals surface area contributed by atoms with Gasteiger partial charge < -0.3 is 23.4 Å². The van der Waals surface area contributed by atoms with Crippen molar-refractivity contribution >= 4 is 115 Å². The molecule has 0 saturated carbocycles. The van der Waals surface area contributed by atoms with Gasteiger partial charge in [-0.05, 0) is 90.0 Å². The van der Waals surface area contributed by atoms with Crippen LogP contribution in [-0.2, 0) is 0 Å². The van der Waals surface area contributed by atoms with E-state index in [1.165, 1.54) is 0 Å². The molecule has 0 N–H and O–H groups in total. The number of fused-ring (bicyclic) bond motifs is 7. The Morgan fingerprint density at radius 3 is 1.85 bits per heavy atom. The van der Waals surface area contributed by atoms with Crippen molar-refractivity contribution < 1.29 is 13.6 Å². The maximum absolute atomic E-state index is 7.29. The Balaban J connectivity index is 1.40. The molecular weight excluding hydrogens is 786 g/mol. The summed E-state index contributed by atoms with van der Waals surface area (Å²) in [6, 6.07) is 41.7. The Morgan fingerprint density at radius 2 is 1.24 bits per heavy atom. The molecule has 2 heterocycles. The first kappa shape index (κ1) is 35.6. The van der Waals surface area contributed by atoms with Gasteiger partial charge in [0, 0.05) is 17.4 Å². The van der Waals surface area contributed by atoms with Crippen molar-refractivity contribution in [2.75, 3.05) is 9.80 Å². The maximum Gasteiger partial charge on any atom is 0.541 e. The van der Waals surface area contributed by atoms with Gasteiger partial charge in [0.2, 0.25) is 0 Å². The van der Waals surface area contributed by atoms with Crippen LogP contribution < -0.4 is 33.8 Å². The van der Waals surface area contributed by atoms with E-state index in [1.807, 2.05) is 36.4 Å². The fourth-order valence-corrected chi connectivity index (χ4v) is 12.5. The predicted octanol–water partition coefficient (Wildman–Crippen LogP) is 13.0. The zero-order chi connectivity index (χ0) is 38.2. The van der Waals surface area contributed by atoms with Crippen LogP contribution in [0.5, 0.6) is 17.2 Å². The maximum atomic E-state index is 7.29. The van der Waals surface area contributed by atoms with Crippen molar-refractivity contribution in [2.45, 2.75) is 19.9 Å². The third-order valence-corrected chi connectivity index (χ3v) is 15.2. The van der Waals surface area contributed by atoms with Crippen LogP contribution in [0, 0.1) is 0 Å². The van der Waals surface area contributed by atoms with Crippen molar-refractivity contribution in [1.82, 2.24) is 0 Å². The summed E-state index contributed by atoms with van der Waals surface area (Å²) in [7, 11) is -4.04. The minimum Gasteiger partial charge on any atom is -0.501 e. The van der Waals surface area contributed by atoms with E-state index in [-0.39, 0.29) is 37.6 Å². The van der Waals surface area contributed by atoms with E-state index in [1.54, 1.807) is 6.08 Å². The van der Waals surface area contributed by atoms with Crippen LogP contribution in [0.4, 0.5) is 28.4 Å². The Hall–Kier alpha value is -5.08. The Morgan fingerprint density at radius 1 is 0.673 bits per heavy atom. The highest BCUT2D eigenvalue weighted by molar-refractivity contribution is 6.98. The van der Waals surface area contributed by atoms with E-state index in [0.29, 0.717) is 16.7 Å². The minimum atomic E-state index is -4.04.